The number of piperidine rings is 1. The molecular formula is C18H26N4O3S. The molecule has 1 fully saturated rings. The number of carbonyl (C=O) groups is 2. The molecule has 0 aromatic carbocycles. The molecule has 3 rings (SSSR count). The molecule has 0 unspecified atom stereocenters. The average Bonchev–Trinajstić information content (AvgIpc) is 3.36. The second-order valence-electron chi connectivity index (χ2n) is 6.76. The Morgan fingerprint density at radius 1 is 1.35 bits per heavy atom. The zero-order valence-corrected chi connectivity index (χ0v) is 15.9. The number of nitrogens with zero attached hydrogens (tertiary/aromatic N) is 2. The number of methoxy groups -OCH3 is 1. The van der Waals surface area contributed by atoms with E-state index in [1.54, 1.807) is 13.3 Å². The lowest BCUT2D eigenvalue weighted by atomic mass is 9.86. The molecule has 0 bridgehead atoms. The van der Waals surface area contributed by atoms with E-state index < -0.39 is 5.54 Å². The lowest BCUT2D eigenvalue weighted by Crippen LogP contribution is -2.59. The van der Waals surface area contributed by atoms with Crippen LogP contribution in [0.1, 0.15) is 25.7 Å². The largest absolute Gasteiger partial charge is 0.383 e. The topological polar surface area (TPSA) is 83.6 Å². The maximum Gasteiger partial charge on any atom is 0.245 e. The van der Waals surface area contributed by atoms with E-state index >= 15 is 0 Å². The Balaban J connectivity index is 1.65. The molecule has 1 saturated heterocycles. The molecule has 1 aromatic rings. The van der Waals surface area contributed by atoms with Gasteiger partial charge < -0.3 is 20.3 Å². The third kappa shape index (κ3) is 4.24. The van der Waals surface area contributed by atoms with Crippen molar-refractivity contribution in [1.29, 1.82) is 0 Å². The van der Waals surface area contributed by atoms with Crippen molar-refractivity contribution < 1.29 is 14.3 Å². The van der Waals surface area contributed by atoms with Gasteiger partial charge in [-0.3, -0.25) is 9.59 Å². The summed E-state index contributed by atoms with van der Waals surface area (Å²) in [6.45, 7) is 2.09. The second kappa shape index (κ2) is 8.64. The zero-order valence-electron chi connectivity index (χ0n) is 15.1. The standard InChI is InChI=1S/C18H26N4O3S/c1-25-12-8-19-16(24)18(21-17-20-9-13-26-17)6-10-22(11-7-18)15(23)14-4-2-3-5-14/h2-3,9,13-14H,4-8,10-12H2,1H3,(H,19,24)(H,20,21). The first kappa shape index (κ1) is 18.8. The Bertz CT molecular complexity index is 631. The van der Waals surface area contributed by atoms with Crippen LogP contribution >= 0.6 is 11.3 Å². The number of ether oxygens (including phenoxy) is 1. The normalized spacial score (nSPS) is 19.5. The van der Waals surface area contributed by atoms with Crippen LogP contribution in [-0.2, 0) is 14.3 Å². The van der Waals surface area contributed by atoms with Crippen LogP contribution < -0.4 is 10.6 Å². The summed E-state index contributed by atoms with van der Waals surface area (Å²) in [7, 11) is 1.61. The van der Waals surface area contributed by atoms with E-state index in [0.29, 0.717) is 39.1 Å². The van der Waals surface area contributed by atoms with Gasteiger partial charge in [-0.2, -0.15) is 0 Å². The first-order chi connectivity index (χ1) is 12.6. The Kier molecular flexibility index (Phi) is 6.26. The van der Waals surface area contributed by atoms with Crippen molar-refractivity contribution in [3.05, 3.63) is 23.7 Å². The summed E-state index contributed by atoms with van der Waals surface area (Å²) in [6, 6.07) is 0. The average molecular weight is 378 g/mol. The number of aromatic nitrogens is 1. The number of allylic oxidation sites excluding steroid dienone is 2. The molecule has 2 N–H and O–H groups in total. The number of carbonyl (C=O) groups excluding carboxylic acids is 2. The van der Waals surface area contributed by atoms with Gasteiger partial charge in [-0.05, 0) is 25.7 Å². The maximum absolute atomic E-state index is 12.9. The quantitative estimate of drug-likeness (QED) is 0.557. The van der Waals surface area contributed by atoms with Crippen molar-refractivity contribution in [3.8, 4) is 0 Å². The van der Waals surface area contributed by atoms with Gasteiger partial charge in [0.2, 0.25) is 11.8 Å². The molecule has 0 spiro atoms. The summed E-state index contributed by atoms with van der Waals surface area (Å²) < 4.78 is 5.02. The van der Waals surface area contributed by atoms with E-state index in [1.165, 1.54) is 11.3 Å². The molecule has 1 aliphatic heterocycles. The van der Waals surface area contributed by atoms with Gasteiger partial charge in [-0.15, -0.1) is 11.3 Å². The fourth-order valence-electron chi connectivity index (χ4n) is 3.52. The molecule has 2 heterocycles. The minimum Gasteiger partial charge on any atom is -0.383 e. The molecule has 7 nitrogen and oxygen atoms in total. The van der Waals surface area contributed by atoms with Gasteiger partial charge >= 0.3 is 0 Å². The summed E-state index contributed by atoms with van der Waals surface area (Å²) in [6.07, 6.45) is 8.66. The van der Waals surface area contributed by atoms with Gasteiger partial charge in [0.1, 0.15) is 5.54 Å². The Morgan fingerprint density at radius 3 is 2.69 bits per heavy atom. The lowest BCUT2D eigenvalue weighted by Gasteiger charge is -2.41. The Morgan fingerprint density at radius 2 is 2.08 bits per heavy atom. The highest BCUT2D eigenvalue weighted by Gasteiger charge is 2.43. The monoisotopic (exact) mass is 378 g/mol. The first-order valence-corrected chi connectivity index (χ1v) is 9.91. The van der Waals surface area contributed by atoms with Gasteiger partial charge in [0.05, 0.1) is 6.61 Å². The van der Waals surface area contributed by atoms with Crippen molar-refractivity contribution >= 4 is 28.3 Å². The van der Waals surface area contributed by atoms with Gasteiger partial charge in [0.25, 0.3) is 0 Å². The minimum atomic E-state index is -0.740. The summed E-state index contributed by atoms with van der Waals surface area (Å²) in [5, 5.41) is 8.88. The smallest absolute Gasteiger partial charge is 0.245 e. The van der Waals surface area contributed by atoms with E-state index in [-0.39, 0.29) is 17.7 Å². The van der Waals surface area contributed by atoms with E-state index in [1.807, 2.05) is 10.3 Å². The van der Waals surface area contributed by atoms with Crippen LogP contribution in [0.5, 0.6) is 0 Å². The molecule has 2 amide bonds. The van der Waals surface area contributed by atoms with Gasteiger partial charge in [0, 0.05) is 44.2 Å². The van der Waals surface area contributed by atoms with E-state index in [0.717, 1.165) is 18.0 Å². The molecule has 1 aliphatic carbocycles. The van der Waals surface area contributed by atoms with Gasteiger partial charge in [-0.1, -0.05) is 12.2 Å². The molecule has 1 aromatic heterocycles. The van der Waals surface area contributed by atoms with Crippen molar-refractivity contribution in [2.24, 2.45) is 5.92 Å². The van der Waals surface area contributed by atoms with Crippen LogP contribution in [0.4, 0.5) is 5.13 Å². The highest BCUT2D eigenvalue weighted by Crippen LogP contribution is 2.30. The number of nitrogens with one attached hydrogen (secondary N) is 2. The van der Waals surface area contributed by atoms with E-state index in [2.05, 4.69) is 27.8 Å². The van der Waals surface area contributed by atoms with Crippen LogP contribution in [-0.4, -0.2) is 60.6 Å². The predicted molar refractivity (Wildman–Crippen MR) is 101 cm³/mol. The van der Waals surface area contributed by atoms with Crippen molar-refractivity contribution in [3.63, 3.8) is 0 Å². The molecule has 8 heteroatoms. The molecule has 0 radical (unpaired) electrons. The number of thiazole rings is 1. The molecule has 2 aliphatic rings. The predicted octanol–water partition coefficient (Wildman–Crippen LogP) is 1.64. The van der Waals surface area contributed by atoms with Gasteiger partial charge in [-0.25, -0.2) is 4.98 Å². The summed E-state index contributed by atoms with van der Waals surface area (Å²) in [5.41, 5.74) is -0.740. The molecule has 0 saturated carbocycles. The third-order valence-corrected chi connectivity index (χ3v) is 5.78. The van der Waals surface area contributed by atoms with Gasteiger partial charge in [0.15, 0.2) is 5.13 Å². The fourth-order valence-corrected chi connectivity index (χ4v) is 4.15. The summed E-state index contributed by atoms with van der Waals surface area (Å²) in [5.74, 6) is 0.224. The Hall–Kier alpha value is -1.93. The number of hydrogen-bond donors (Lipinski definition) is 2. The van der Waals surface area contributed by atoms with Crippen LogP contribution in [0.15, 0.2) is 23.7 Å². The van der Waals surface area contributed by atoms with Crippen LogP contribution in [0.25, 0.3) is 0 Å². The number of hydrogen-bond acceptors (Lipinski definition) is 6. The number of amides is 2. The Labute approximate surface area is 157 Å². The van der Waals surface area contributed by atoms with Crippen LogP contribution in [0, 0.1) is 5.92 Å². The summed E-state index contributed by atoms with van der Waals surface area (Å²) >= 11 is 1.47. The van der Waals surface area contributed by atoms with Crippen LogP contribution in [0.2, 0.25) is 0 Å². The highest BCUT2D eigenvalue weighted by atomic mass is 32.1. The maximum atomic E-state index is 12.9. The number of anilines is 1. The third-order valence-electron chi connectivity index (χ3n) is 5.09. The highest BCUT2D eigenvalue weighted by molar-refractivity contribution is 7.13. The minimum absolute atomic E-state index is 0.0561. The first-order valence-electron chi connectivity index (χ1n) is 9.03. The molecule has 26 heavy (non-hydrogen) atoms. The number of rotatable bonds is 7. The second-order valence-corrected chi connectivity index (χ2v) is 7.65. The SMILES string of the molecule is COCCNC(=O)C1(Nc2nccs2)CCN(C(=O)C2CC=CC2)CC1. The fraction of sp³-hybridized carbons (Fsp3) is 0.611. The summed E-state index contributed by atoms with van der Waals surface area (Å²) in [4.78, 5) is 31.7. The van der Waals surface area contributed by atoms with Crippen molar-refractivity contribution in [1.82, 2.24) is 15.2 Å². The van der Waals surface area contributed by atoms with Crippen molar-refractivity contribution in [2.75, 3.05) is 38.7 Å². The molecule has 142 valence electrons. The number of likely N-dealkylation sites (tertiary alicyclic amines) is 1. The molecule has 0 atom stereocenters. The lowest BCUT2D eigenvalue weighted by molar-refractivity contribution is -0.139. The molecular weight excluding hydrogens is 352 g/mol. The zero-order chi connectivity index (χ0) is 18.4. The van der Waals surface area contributed by atoms with E-state index in [9.17, 15) is 9.59 Å². The van der Waals surface area contributed by atoms with E-state index in [4.69, 9.17) is 4.74 Å². The van der Waals surface area contributed by atoms with Crippen molar-refractivity contribution in [2.45, 2.75) is 31.2 Å². The van der Waals surface area contributed by atoms with Crippen LogP contribution in [0.3, 0.4) is 0 Å².